The van der Waals surface area contributed by atoms with Gasteiger partial charge in [0.05, 0.1) is 6.04 Å². The van der Waals surface area contributed by atoms with Gasteiger partial charge in [0.15, 0.2) is 0 Å². The van der Waals surface area contributed by atoms with Crippen LogP contribution in [-0.2, 0) is 10.2 Å². The zero-order chi connectivity index (χ0) is 20.9. The summed E-state index contributed by atoms with van der Waals surface area (Å²) in [7, 11) is 0. The maximum atomic E-state index is 14.2. The minimum atomic E-state index is -0.906. The molecular formula is C24H20FN3O2. The van der Waals surface area contributed by atoms with Crippen molar-refractivity contribution < 1.29 is 14.0 Å². The van der Waals surface area contributed by atoms with Gasteiger partial charge in [0.25, 0.3) is 5.91 Å². The van der Waals surface area contributed by atoms with Crippen molar-refractivity contribution in [1.82, 2.24) is 9.88 Å². The zero-order valence-electron chi connectivity index (χ0n) is 16.4. The Bertz CT molecular complexity index is 1160. The first kappa shape index (κ1) is 18.5. The molecule has 2 atom stereocenters. The molecule has 2 amide bonds. The van der Waals surface area contributed by atoms with Gasteiger partial charge in [0.2, 0.25) is 5.91 Å². The van der Waals surface area contributed by atoms with E-state index in [1.807, 2.05) is 30.3 Å². The lowest BCUT2D eigenvalue weighted by Gasteiger charge is -2.34. The van der Waals surface area contributed by atoms with Crippen molar-refractivity contribution in [2.45, 2.75) is 24.8 Å². The average molecular weight is 401 g/mol. The number of halogens is 1. The minimum absolute atomic E-state index is 0.121. The van der Waals surface area contributed by atoms with E-state index in [0.29, 0.717) is 24.1 Å². The third-order valence-electron chi connectivity index (χ3n) is 6.35. The van der Waals surface area contributed by atoms with E-state index in [9.17, 15) is 14.0 Å². The molecule has 2 aliphatic rings. The maximum Gasteiger partial charge on any atom is 0.254 e. The molecule has 1 aromatic heterocycles. The monoisotopic (exact) mass is 401 g/mol. The molecule has 1 spiro atoms. The summed E-state index contributed by atoms with van der Waals surface area (Å²) in [6.07, 6.45) is 3.84. The molecule has 30 heavy (non-hydrogen) atoms. The molecule has 2 unspecified atom stereocenters. The van der Waals surface area contributed by atoms with Crippen LogP contribution in [0.15, 0.2) is 67.0 Å². The third kappa shape index (κ3) is 2.49. The van der Waals surface area contributed by atoms with Crippen molar-refractivity contribution in [2.75, 3.05) is 11.9 Å². The summed E-state index contributed by atoms with van der Waals surface area (Å²) >= 11 is 0. The lowest BCUT2D eigenvalue weighted by atomic mass is 9.73. The van der Waals surface area contributed by atoms with Gasteiger partial charge in [-0.1, -0.05) is 30.3 Å². The first-order valence-electron chi connectivity index (χ1n) is 9.91. The number of aromatic nitrogens is 1. The number of carbonyl (C=O) groups excluding carboxylic acids is 2. The minimum Gasteiger partial charge on any atom is -0.330 e. The Labute approximate surface area is 173 Å². The molecule has 0 saturated carbocycles. The molecule has 1 saturated heterocycles. The number of likely N-dealkylation sites (tertiary alicyclic amines) is 1. The molecule has 0 bridgehead atoms. The van der Waals surface area contributed by atoms with Crippen LogP contribution in [0.1, 0.15) is 39.5 Å². The van der Waals surface area contributed by atoms with E-state index in [-0.39, 0.29) is 11.8 Å². The molecule has 5 rings (SSSR count). The maximum absolute atomic E-state index is 14.2. The highest BCUT2D eigenvalue weighted by molar-refractivity contribution is 6.08. The largest absolute Gasteiger partial charge is 0.330 e. The highest BCUT2D eigenvalue weighted by atomic mass is 19.1. The molecule has 2 aliphatic heterocycles. The molecule has 150 valence electrons. The van der Waals surface area contributed by atoms with E-state index >= 15 is 0 Å². The predicted molar refractivity (Wildman–Crippen MR) is 111 cm³/mol. The van der Waals surface area contributed by atoms with Crippen molar-refractivity contribution in [2.24, 2.45) is 0 Å². The first-order valence-corrected chi connectivity index (χ1v) is 9.91. The summed E-state index contributed by atoms with van der Waals surface area (Å²) in [6.45, 7) is 1.99. The molecule has 3 aromatic rings. The number of amides is 2. The number of nitrogens with zero attached hydrogens (tertiary/aromatic N) is 2. The topological polar surface area (TPSA) is 62.3 Å². The van der Waals surface area contributed by atoms with Crippen LogP contribution in [0.3, 0.4) is 0 Å². The molecule has 5 nitrogen and oxygen atoms in total. The average Bonchev–Trinajstić information content (AvgIpc) is 3.30. The third-order valence-corrected chi connectivity index (χ3v) is 6.35. The number of anilines is 1. The van der Waals surface area contributed by atoms with E-state index in [0.717, 1.165) is 16.8 Å². The van der Waals surface area contributed by atoms with E-state index in [4.69, 9.17) is 0 Å². The van der Waals surface area contributed by atoms with Crippen molar-refractivity contribution in [3.63, 3.8) is 0 Å². The molecule has 1 N–H and O–H groups in total. The fourth-order valence-corrected chi connectivity index (χ4v) is 4.90. The second-order valence-corrected chi connectivity index (χ2v) is 7.82. The summed E-state index contributed by atoms with van der Waals surface area (Å²) < 4.78 is 14.2. The van der Waals surface area contributed by atoms with Gasteiger partial charge in [-0.25, -0.2) is 4.39 Å². The molecule has 6 heteroatoms. The van der Waals surface area contributed by atoms with E-state index in [1.54, 1.807) is 36.4 Å². The molecular weight excluding hydrogens is 381 g/mol. The smallest absolute Gasteiger partial charge is 0.254 e. The quantitative estimate of drug-likeness (QED) is 0.706. The summed E-state index contributed by atoms with van der Waals surface area (Å²) in [5, 5.41) is 2.99. The number of nitrogens with one attached hydrogen (secondary N) is 1. The molecule has 1 fully saturated rings. The predicted octanol–water partition coefficient (Wildman–Crippen LogP) is 4.01. The number of benzene rings is 2. The first-order chi connectivity index (χ1) is 14.5. The van der Waals surface area contributed by atoms with E-state index < -0.39 is 17.3 Å². The van der Waals surface area contributed by atoms with E-state index in [1.165, 1.54) is 12.1 Å². The Hall–Kier alpha value is -3.54. The van der Waals surface area contributed by atoms with Gasteiger partial charge in [-0.05, 0) is 54.3 Å². The standard InChI is InChI=1S/C24H20FN3O2/c1-15-17(7-4-9-19(15)25)22(29)28-13-11-24(21(28)16-6-5-12-26-14-16)18-8-2-3-10-20(18)27-23(24)30/h2-10,12,14,21H,11,13H2,1H3,(H,27,30). The Morgan fingerprint density at radius 2 is 2.00 bits per heavy atom. The number of hydrogen-bond donors (Lipinski definition) is 1. The number of carbonyl (C=O) groups is 2. The van der Waals surface area contributed by atoms with Crippen LogP contribution in [0.4, 0.5) is 10.1 Å². The van der Waals surface area contributed by atoms with Crippen molar-refractivity contribution in [3.05, 3.63) is 95.1 Å². The lowest BCUT2D eigenvalue weighted by Crippen LogP contribution is -2.42. The fourth-order valence-electron chi connectivity index (χ4n) is 4.90. The van der Waals surface area contributed by atoms with E-state index in [2.05, 4.69) is 10.3 Å². The van der Waals surface area contributed by atoms with Gasteiger partial charge in [-0.15, -0.1) is 0 Å². The highest BCUT2D eigenvalue weighted by Gasteiger charge is 2.59. The summed E-state index contributed by atoms with van der Waals surface area (Å²) in [4.78, 5) is 32.8. The summed E-state index contributed by atoms with van der Waals surface area (Å²) in [5.74, 6) is -0.824. The summed E-state index contributed by atoms with van der Waals surface area (Å²) in [6, 6.07) is 15.3. The normalized spacial score (nSPS) is 22.3. The zero-order valence-corrected chi connectivity index (χ0v) is 16.4. The van der Waals surface area contributed by atoms with Crippen LogP contribution >= 0.6 is 0 Å². The van der Waals surface area contributed by atoms with Gasteiger partial charge >= 0.3 is 0 Å². The molecule has 0 radical (unpaired) electrons. The number of rotatable bonds is 2. The Balaban J connectivity index is 1.68. The second kappa shape index (κ2) is 6.76. The van der Waals surface area contributed by atoms with Crippen LogP contribution < -0.4 is 5.32 Å². The lowest BCUT2D eigenvalue weighted by molar-refractivity contribution is -0.121. The SMILES string of the molecule is Cc1c(F)cccc1C(=O)N1CCC2(C(=O)Nc3ccccc32)C1c1cccnc1. The number of hydrogen-bond acceptors (Lipinski definition) is 3. The van der Waals surface area contributed by atoms with Crippen LogP contribution in [0.5, 0.6) is 0 Å². The van der Waals surface area contributed by atoms with Gasteiger partial charge < -0.3 is 10.2 Å². The second-order valence-electron chi connectivity index (χ2n) is 7.82. The molecule has 0 aliphatic carbocycles. The number of para-hydroxylation sites is 1. The Kier molecular flexibility index (Phi) is 4.17. The van der Waals surface area contributed by atoms with Crippen LogP contribution in [0.25, 0.3) is 0 Å². The van der Waals surface area contributed by atoms with Gasteiger partial charge in [-0.3, -0.25) is 14.6 Å². The number of pyridine rings is 1. The number of fused-ring (bicyclic) bond motifs is 2. The molecule has 2 aromatic carbocycles. The van der Waals surface area contributed by atoms with Crippen LogP contribution in [0.2, 0.25) is 0 Å². The van der Waals surface area contributed by atoms with Crippen LogP contribution in [0, 0.1) is 12.7 Å². The fraction of sp³-hybridized carbons (Fsp3) is 0.208. The van der Waals surface area contributed by atoms with Crippen molar-refractivity contribution in [1.29, 1.82) is 0 Å². The van der Waals surface area contributed by atoms with Gasteiger partial charge in [0.1, 0.15) is 11.2 Å². The van der Waals surface area contributed by atoms with Crippen molar-refractivity contribution >= 4 is 17.5 Å². The Morgan fingerprint density at radius 3 is 2.80 bits per heavy atom. The Morgan fingerprint density at radius 1 is 1.17 bits per heavy atom. The van der Waals surface area contributed by atoms with Gasteiger partial charge in [0, 0.05) is 30.2 Å². The summed E-state index contributed by atoms with van der Waals surface area (Å²) in [5.41, 5.74) is 2.15. The van der Waals surface area contributed by atoms with Gasteiger partial charge in [-0.2, -0.15) is 0 Å². The van der Waals surface area contributed by atoms with Crippen LogP contribution in [-0.4, -0.2) is 28.2 Å². The highest BCUT2D eigenvalue weighted by Crippen LogP contribution is 2.54. The van der Waals surface area contributed by atoms with Crippen molar-refractivity contribution in [3.8, 4) is 0 Å². The molecule has 3 heterocycles.